The van der Waals surface area contributed by atoms with E-state index in [0.717, 1.165) is 9.37 Å². The first-order valence-electron chi connectivity index (χ1n) is 5.86. The van der Waals surface area contributed by atoms with Gasteiger partial charge in [-0.2, -0.15) is 13.2 Å². The maximum absolute atomic E-state index is 12.4. The molecule has 1 aromatic rings. The summed E-state index contributed by atoms with van der Waals surface area (Å²) < 4.78 is 37.9. The third kappa shape index (κ3) is 4.66. The summed E-state index contributed by atoms with van der Waals surface area (Å²) in [5, 5.41) is 12.6. The molecule has 2 rings (SSSR count). The van der Waals surface area contributed by atoms with E-state index in [4.69, 9.17) is 10.8 Å². The van der Waals surface area contributed by atoms with Crippen LogP contribution in [0.4, 0.5) is 19.1 Å². The Balaban J connectivity index is 0.00000106. The van der Waals surface area contributed by atoms with E-state index in [1.54, 1.807) is 17.3 Å². The number of aromatic nitrogens is 2. The zero-order chi connectivity index (χ0) is 16.0. The molecule has 6 nitrogen and oxygen atoms in total. The summed E-state index contributed by atoms with van der Waals surface area (Å²) >= 11 is 3.22. The summed E-state index contributed by atoms with van der Waals surface area (Å²) in [6.07, 6.45) is -1.41. The van der Waals surface area contributed by atoms with Gasteiger partial charge in [0.2, 0.25) is 11.8 Å². The maximum Gasteiger partial charge on any atom is 0.448 e. The van der Waals surface area contributed by atoms with Crippen LogP contribution in [0.5, 0.6) is 0 Å². The molecular formula is C11H14BrF3N6. The minimum absolute atomic E-state index is 0.137. The molecule has 2 heterocycles. The van der Waals surface area contributed by atoms with Crippen LogP contribution in [0, 0.1) is 10.8 Å². The highest BCUT2D eigenvalue weighted by molar-refractivity contribution is 9.10. The number of nitrogens with one attached hydrogen (secondary N) is 2. The average Bonchev–Trinajstić information content (AvgIpc) is 2.49. The Kier molecular flexibility index (Phi) is 6.06. The van der Waals surface area contributed by atoms with Crippen molar-refractivity contribution in [1.29, 1.82) is 10.8 Å². The zero-order valence-electron chi connectivity index (χ0n) is 11.0. The first-order chi connectivity index (χ1) is 9.88. The molecule has 1 saturated heterocycles. The van der Waals surface area contributed by atoms with Crippen LogP contribution in [-0.4, -0.2) is 59.8 Å². The molecule has 0 aliphatic carbocycles. The van der Waals surface area contributed by atoms with Crippen molar-refractivity contribution >= 4 is 34.4 Å². The van der Waals surface area contributed by atoms with Gasteiger partial charge in [-0.1, -0.05) is 0 Å². The smallest absolute Gasteiger partial charge is 0.349 e. The van der Waals surface area contributed by atoms with Crippen molar-refractivity contribution in [3.63, 3.8) is 0 Å². The lowest BCUT2D eigenvalue weighted by Gasteiger charge is -2.36. The Morgan fingerprint density at radius 2 is 1.62 bits per heavy atom. The van der Waals surface area contributed by atoms with Gasteiger partial charge in [0.25, 0.3) is 0 Å². The predicted octanol–water partition coefficient (Wildman–Crippen LogP) is 2.17. The molecule has 116 valence electrons. The Hall–Kier alpha value is -1.71. The van der Waals surface area contributed by atoms with Crippen molar-refractivity contribution in [2.24, 2.45) is 0 Å². The maximum atomic E-state index is 12.4. The van der Waals surface area contributed by atoms with Gasteiger partial charge in [0, 0.05) is 38.6 Å². The Bertz CT molecular complexity index is 470. The van der Waals surface area contributed by atoms with Crippen LogP contribution in [0.1, 0.15) is 0 Å². The number of piperazine rings is 1. The minimum atomic E-state index is -4.59. The number of alkyl halides is 3. The van der Waals surface area contributed by atoms with Crippen LogP contribution in [0.2, 0.25) is 0 Å². The van der Waals surface area contributed by atoms with Gasteiger partial charge in [0.15, 0.2) is 0 Å². The Morgan fingerprint density at radius 3 is 2.05 bits per heavy atom. The predicted molar refractivity (Wildman–Crippen MR) is 77.1 cm³/mol. The quantitative estimate of drug-likeness (QED) is 0.589. The number of nitrogens with zero attached hydrogens (tertiary/aromatic N) is 4. The van der Waals surface area contributed by atoms with E-state index in [0.29, 0.717) is 19.0 Å². The lowest BCUT2D eigenvalue weighted by molar-refractivity contribution is -0.0700. The van der Waals surface area contributed by atoms with Gasteiger partial charge in [-0.3, -0.25) is 5.41 Å². The van der Waals surface area contributed by atoms with E-state index in [1.807, 2.05) is 0 Å². The molecule has 0 radical (unpaired) electrons. The Morgan fingerprint density at radius 1 is 1.14 bits per heavy atom. The monoisotopic (exact) mass is 366 g/mol. The average molecular weight is 367 g/mol. The van der Waals surface area contributed by atoms with Gasteiger partial charge < -0.3 is 15.2 Å². The van der Waals surface area contributed by atoms with Gasteiger partial charge in [-0.05, 0) is 22.6 Å². The number of halogens is 4. The molecule has 0 spiro atoms. The van der Waals surface area contributed by atoms with Crippen LogP contribution >= 0.6 is 15.9 Å². The van der Waals surface area contributed by atoms with E-state index in [2.05, 4.69) is 32.6 Å². The molecule has 10 heteroatoms. The highest BCUT2D eigenvalue weighted by Gasteiger charge is 2.39. The van der Waals surface area contributed by atoms with E-state index in [9.17, 15) is 13.2 Å². The second-order valence-corrected chi connectivity index (χ2v) is 4.94. The number of amidine groups is 1. The molecule has 0 saturated carbocycles. The summed E-state index contributed by atoms with van der Waals surface area (Å²) in [6.45, 7) is 3.50. The van der Waals surface area contributed by atoms with Crippen molar-refractivity contribution in [2.75, 3.05) is 31.1 Å². The van der Waals surface area contributed by atoms with Crippen molar-refractivity contribution < 1.29 is 13.2 Å². The fraction of sp³-hybridized carbons (Fsp3) is 0.455. The standard InChI is InChI=1S/C10H11BrF3N5.CH3N/c11-7-5-16-9(17-6-7)19-3-1-18(2-4-19)8(15)10(12,13)14;1-2/h5-6,15H,1-4H2;2H,1H2. The zero-order valence-corrected chi connectivity index (χ0v) is 12.6. The first-order valence-corrected chi connectivity index (χ1v) is 6.66. The molecule has 1 fully saturated rings. The summed E-state index contributed by atoms with van der Waals surface area (Å²) in [4.78, 5) is 11.0. The van der Waals surface area contributed by atoms with Crippen molar-refractivity contribution in [3.05, 3.63) is 16.9 Å². The lowest BCUT2D eigenvalue weighted by Crippen LogP contribution is -2.52. The highest BCUT2D eigenvalue weighted by Crippen LogP contribution is 2.20. The van der Waals surface area contributed by atoms with Crippen molar-refractivity contribution in [1.82, 2.24) is 14.9 Å². The largest absolute Gasteiger partial charge is 0.448 e. The molecule has 1 aliphatic rings. The topological polar surface area (TPSA) is 80.0 Å². The molecule has 0 bridgehead atoms. The number of anilines is 1. The lowest BCUT2D eigenvalue weighted by atomic mass is 10.3. The number of rotatable bonds is 1. The normalized spacial score (nSPS) is 15.2. The van der Waals surface area contributed by atoms with Crippen LogP contribution in [-0.2, 0) is 0 Å². The molecule has 2 N–H and O–H groups in total. The molecule has 0 aromatic carbocycles. The molecule has 0 amide bonds. The molecule has 1 aliphatic heterocycles. The van der Waals surface area contributed by atoms with Gasteiger partial charge in [0.1, 0.15) is 0 Å². The third-order valence-electron chi connectivity index (χ3n) is 2.75. The van der Waals surface area contributed by atoms with Crippen LogP contribution in [0.3, 0.4) is 0 Å². The van der Waals surface area contributed by atoms with Crippen molar-refractivity contribution in [3.8, 4) is 0 Å². The van der Waals surface area contributed by atoms with Gasteiger partial charge in [0.05, 0.1) is 4.47 Å². The van der Waals surface area contributed by atoms with E-state index in [-0.39, 0.29) is 13.1 Å². The summed E-state index contributed by atoms with van der Waals surface area (Å²) in [6, 6.07) is 0. The molecule has 1 aromatic heterocycles. The number of hydrogen-bond acceptors (Lipinski definition) is 5. The molecule has 0 unspecified atom stereocenters. The van der Waals surface area contributed by atoms with Crippen molar-refractivity contribution in [2.45, 2.75) is 6.18 Å². The summed E-state index contributed by atoms with van der Waals surface area (Å²) in [5.74, 6) is -0.801. The van der Waals surface area contributed by atoms with E-state index < -0.39 is 12.0 Å². The third-order valence-corrected chi connectivity index (χ3v) is 3.16. The van der Waals surface area contributed by atoms with Gasteiger partial charge >= 0.3 is 6.18 Å². The van der Waals surface area contributed by atoms with Crippen LogP contribution in [0.25, 0.3) is 0 Å². The first kappa shape index (κ1) is 17.3. The van der Waals surface area contributed by atoms with Crippen LogP contribution in [0.15, 0.2) is 16.9 Å². The van der Waals surface area contributed by atoms with E-state index in [1.165, 1.54) is 0 Å². The second kappa shape index (κ2) is 7.34. The minimum Gasteiger partial charge on any atom is -0.349 e. The number of hydrogen-bond donors (Lipinski definition) is 2. The summed E-state index contributed by atoms with van der Waals surface area (Å²) in [5.41, 5.74) is 0. The molecule has 21 heavy (non-hydrogen) atoms. The van der Waals surface area contributed by atoms with Gasteiger partial charge in [-0.25, -0.2) is 9.97 Å². The Labute approximate surface area is 128 Å². The summed E-state index contributed by atoms with van der Waals surface area (Å²) in [7, 11) is 0. The fourth-order valence-corrected chi connectivity index (χ4v) is 1.98. The molecular weight excluding hydrogens is 353 g/mol. The van der Waals surface area contributed by atoms with E-state index >= 15 is 0 Å². The SMILES string of the molecule is C=N.N=C(N1CCN(c2ncc(Br)cn2)CC1)C(F)(F)F. The highest BCUT2D eigenvalue weighted by atomic mass is 79.9. The van der Waals surface area contributed by atoms with Crippen LogP contribution < -0.4 is 4.90 Å². The second-order valence-electron chi connectivity index (χ2n) is 4.02. The fourth-order valence-electron chi connectivity index (χ4n) is 1.78. The molecule has 0 atom stereocenters. The van der Waals surface area contributed by atoms with Gasteiger partial charge in [-0.15, -0.1) is 0 Å².